The van der Waals surface area contributed by atoms with Gasteiger partial charge in [0, 0.05) is 17.8 Å². The normalized spacial score (nSPS) is 12.1. The monoisotopic (exact) mass is 303 g/mol. The van der Waals surface area contributed by atoms with E-state index < -0.39 is 15.8 Å². The third-order valence-electron chi connectivity index (χ3n) is 2.99. The fourth-order valence-electron chi connectivity index (χ4n) is 1.67. The fourth-order valence-corrected chi connectivity index (χ4v) is 2.79. The molecule has 0 amide bonds. The third kappa shape index (κ3) is 4.73. The molecule has 1 rings (SSSR count). The van der Waals surface area contributed by atoms with E-state index in [0.717, 1.165) is 25.5 Å². The van der Waals surface area contributed by atoms with Crippen molar-refractivity contribution in [3.05, 3.63) is 23.5 Å². The number of halogens is 1. The van der Waals surface area contributed by atoms with Crippen LogP contribution in [0.25, 0.3) is 0 Å². The van der Waals surface area contributed by atoms with Crippen molar-refractivity contribution in [1.29, 1.82) is 0 Å². The van der Waals surface area contributed by atoms with Crippen molar-refractivity contribution < 1.29 is 12.8 Å². The highest BCUT2D eigenvalue weighted by Gasteiger charge is 2.16. The van der Waals surface area contributed by atoms with Crippen LogP contribution in [0.1, 0.15) is 18.4 Å². The van der Waals surface area contributed by atoms with E-state index in [1.807, 2.05) is 19.0 Å². The van der Waals surface area contributed by atoms with E-state index in [-0.39, 0.29) is 16.1 Å². The van der Waals surface area contributed by atoms with E-state index in [4.69, 9.17) is 5.73 Å². The lowest BCUT2D eigenvalue weighted by atomic mass is 10.2. The molecular formula is C13H22FN3O2S. The highest BCUT2D eigenvalue weighted by atomic mass is 32.2. The second-order valence-electron chi connectivity index (χ2n) is 5.03. The molecule has 20 heavy (non-hydrogen) atoms. The van der Waals surface area contributed by atoms with Crippen LogP contribution in [-0.2, 0) is 10.0 Å². The van der Waals surface area contributed by atoms with Crippen LogP contribution in [0, 0.1) is 12.7 Å². The van der Waals surface area contributed by atoms with Crippen LogP contribution in [0.3, 0.4) is 0 Å². The van der Waals surface area contributed by atoms with Gasteiger partial charge in [0.2, 0.25) is 10.0 Å². The quantitative estimate of drug-likeness (QED) is 0.589. The molecule has 0 atom stereocenters. The third-order valence-corrected chi connectivity index (χ3v) is 4.43. The molecule has 0 aliphatic heterocycles. The van der Waals surface area contributed by atoms with Gasteiger partial charge in [-0.15, -0.1) is 0 Å². The average molecular weight is 303 g/mol. The molecular weight excluding hydrogens is 281 g/mol. The van der Waals surface area contributed by atoms with Gasteiger partial charge in [0.1, 0.15) is 5.82 Å². The maximum atomic E-state index is 13.5. The Bertz CT molecular complexity index is 536. The first-order valence-electron chi connectivity index (χ1n) is 6.44. The maximum Gasteiger partial charge on any atom is 0.240 e. The molecule has 0 bridgehead atoms. The van der Waals surface area contributed by atoms with Gasteiger partial charge in [-0.25, -0.2) is 17.5 Å². The molecule has 7 heteroatoms. The number of nitrogens with zero attached hydrogens (tertiary/aromatic N) is 1. The standard InChI is InChI=1S/C13H22FN3O2S/c1-10-12(14)8-11(9-13(10)15)20(18,19)16-6-4-5-7-17(2)3/h8-9,16H,4-7,15H2,1-3H3. The zero-order chi connectivity index (χ0) is 15.3. The van der Waals surface area contributed by atoms with Crippen LogP contribution in [0.5, 0.6) is 0 Å². The molecule has 0 fully saturated rings. The van der Waals surface area contributed by atoms with Gasteiger partial charge in [-0.1, -0.05) is 0 Å². The lowest BCUT2D eigenvalue weighted by Crippen LogP contribution is -2.26. The Morgan fingerprint density at radius 1 is 1.30 bits per heavy atom. The summed E-state index contributed by atoms with van der Waals surface area (Å²) >= 11 is 0. The highest BCUT2D eigenvalue weighted by molar-refractivity contribution is 7.89. The molecule has 0 spiro atoms. The second kappa shape index (κ2) is 7.01. The maximum absolute atomic E-state index is 13.5. The summed E-state index contributed by atoms with van der Waals surface area (Å²) in [6, 6.07) is 2.27. The Hall–Kier alpha value is -1.18. The minimum Gasteiger partial charge on any atom is -0.398 e. The molecule has 0 aliphatic rings. The lowest BCUT2D eigenvalue weighted by molar-refractivity contribution is 0.394. The molecule has 0 unspecified atom stereocenters. The number of sulfonamides is 1. The highest BCUT2D eigenvalue weighted by Crippen LogP contribution is 2.20. The number of unbranched alkanes of at least 4 members (excludes halogenated alkanes) is 1. The number of nitrogens with one attached hydrogen (secondary N) is 1. The lowest BCUT2D eigenvalue weighted by Gasteiger charge is -2.11. The van der Waals surface area contributed by atoms with Gasteiger partial charge in [-0.2, -0.15) is 0 Å². The number of nitrogens with two attached hydrogens (primary N) is 1. The number of benzene rings is 1. The molecule has 0 heterocycles. The van der Waals surface area contributed by atoms with Gasteiger partial charge < -0.3 is 10.6 Å². The summed E-state index contributed by atoms with van der Waals surface area (Å²) in [7, 11) is 0.214. The molecule has 3 N–H and O–H groups in total. The van der Waals surface area contributed by atoms with Gasteiger partial charge in [-0.05, 0) is 52.5 Å². The molecule has 0 aromatic heterocycles. The van der Waals surface area contributed by atoms with Crippen LogP contribution in [0.4, 0.5) is 10.1 Å². The summed E-state index contributed by atoms with van der Waals surface area (Å²) in [5.74, 6) is -0.613. The van der Waals surface area contributed by atoms with Gasteiger partial charge in [-0.3, -0.25) is 0 Å². The summed E-state index contributed by atoms with van der Waals surface area (Å²) in [6.07, 6.45) is 1.61. The van der Waals surface area contributed by atoms with Crippen molar-refractivity contribution in [2.24, 2.45) is 0 Å². The molecule has 0 aliphatic carbocycles. The summed E-state index contributed by atoms with van der Waals surface area (Å²) in [4.78, 5) is 1.90. The second-order valence-corrected chi connectivity index (χ2v) is 6.79. The largest absolute Gasteiger partial charge is 0.398 e. The molecule has 5 nitrogen and oxygen atoms in total. The van der Waals surface area contributed by atoms with Crippen molar-refractivity contribution in [3.63, 3.8) is 0 Å². The van der Waals surface area contributed by atoms with Gasteiger partial charge in [0.05, 0.1) is 4.90 Å². The van der Waals surface area contributed by atoms with E-state index in [9.17, 15) is 12.8 Å². The minimum atomic E-state index is -3.71. The smallest absolute Gasteiger partial charge is 0.240 e. The van der Waals surface area contributed by atoms with Crippen LogP contribution in [-0.4, -0.2) is 40.5 Å². The van der Waals surface area contributed by atoms with Crippen LogP contribution >= 0.6 is 0 Å². The Balaban J connectivity index is 2.65. The van der Waals surface area contributed by atoms with E-state index in [2.05, 4.69) is 4.72 Å². The summed E-state index contributed by atoms with van der Waals surface area (Å²) in [5.41, 5.74) is 5.99. The van der Waals surface area contributed by atoms with Gasteiger partial charge >= 0.3 is 0 Å². The van der Waals surface area contributed by atoms with Crippen LogP contribution in [0.2, 0.25) is 0 Å². The summed E-state index contributed by atoms with van der Waals surface area (Å²) in [5, 5.41) is 0. The zero-order valence-electron chi connectivity index (χ0n) is 12.1. The number of rotatable bonds is 7. The topological polar surface area (TPSA) is 75.4 Å². The molecule has 114 valence electrons. The first-order chi connectivity index (χ1) is 9.24. The minimum absolute atomic E-state index is 0.134. The van der Waals surface area contributed by atoms with E-state index in [1.54, 1.807) is 0 Å². The number of nitrogen functional groups attached to an aromatic ring is 1. The summed E-state index contributed by atoms with van der Waals surface area (Å²) < 4.78 is 40.0. The van der Waals surface area contributed by atoms with E-state index in [0.29, 0.717) is 6.54 Å². The number of hydrogen-bond donors (Lipinski definition) is 2. The Morgan fingerprint density at radius 2 is 1.95 bits per heavy atom. The van der Waals surface area contributed by atoms with E-state index >= 15 is 0 Å². The van der Waals surface area contributed by atoms with Gasteiger partial charge in [0.15, 0.2) is 0 Å². The van der Waals surface area contributed by atoms with Crippen molar-refractivity contribution in [2.75, 3.05) is 32.9 Å². The number of anilines is 1. The Kier molecular flexibility index (Phi) is 5.91. The molecule has 1 aromatic carbocycles. The molecule has 1 aromatic rings. The first kappa shape index (κ1) is 16.9. The predicted molar refractivity (Wildman–Crippen MR) is 78.5 cm³/mol. The Morgan fingerprint density at radius 3 is 2.50 bits per heavy atom. The van der Waals surface area contributed by atoms with Crippen LogP contribution < -0.4 is 10.5 Å². The van der Waals surface area contributed by atoms with Crippen molar-refractivity contribution in [2.45, 2.75) is 24.7 Å². The molecule has 0 saturated carbocycles. The number of hydrogen-bond acceptors (Lipinski definition) is 4. The van der Waals surface area contributed by atoms with Crippen molar-refractivity contribution in [1.82, 2.24) is 9.62 Å². The van der Waals surface area contributed by atoms with Gasteiger partial charge in [0.25, 0.3) is 0 Å². The van der Waals surface area contributed by atoms with E-state index in [1.165, 1.54) is 13.0 Å². The molecule has 0 radical (unpaired) electrons. The predicted octanol–water partition coefficient (Wildman–Crippen LogP) is 1.34. The fraction of sp³-hybridized carbons (Fsp3) is 0.538. The first-order valence-corrected chi connectivity index (χ1v) is 7.92. The molecule has 0 saturated heterocycles. The van der Waals surface area contributed by atoms with Crippen LogP contribution in [0.15, 0.2) is 17.0 Å². The Labute approximate surface area is 120 Å². The average Bonchev–Trinajstić information content (AvgIpc) is 2.34. The zero-order valence-corrected chi connectivity index (χ0v) is 12.9. The summed E-state index contributed by atoms with van der Waals surface area (Å²) in [6.45, 7) is 2.73. The van der Waals surface area contributed by atoms with Crippen molar-refractivity contribution in [3.8, 4) is 0 Å². The SMILES string of the molecule is Cc1c(N)cc(S(=O)(=O)NCCCCN(C)C)cc1F. The van der Waals surface area contributed by atoms with Crippen molar-refractivity contribution >= 4 is 15.7 Å².